The molecule has 0 bridgehead atoms. The molecule has 1 heterocycles. The Bertz CT molecular complexity index is 814. The van der Waals surface area contributed by atoms with Gasteiger partial charge < -0.3 is 5.11 Å². The molecule has 2 aliphatic rings. The zero-order valence-electron chi connectivity index (χ0n) is 13.6. The van der Waals surface area contributed by atoms with Crippen molar-refractivity contribution in [1.82, 2.24) is 10.2 Å². The first kappa shape index (κ1) is 18.8. The zero-order chi connectivity index (χ0) is 17.8. The van der Waals surface area contributed by atoms with Crippen LogP contribution in [0.5, 0.6) is 0 Å². The highest BCUT2D eigenvalue weighted by atomic mass is 127. The van der Waals surface area contributed by atoms with Crippen molar-refractivity contribution in [3.63, 3.8) is 0 Å². The monoisotopic (exact) mass is 559 g/mol. The van der Waals surface area contributed by atoms with Gasteiger partial charge in [-0.15, -0.1) is 0 Å². The summed E-state index contributed by atoms with van der Waals surface area (Å²) < 4.78 is 1.01. The van der Waals surface area contributed by atoms with Crippen LogP contribution in [0.3, 0.4) is 0 Å². The molecule has 130 valence electrons. The number of aliphatic hydroxyl groups excluding tert-OH is 1. The van der Waals surface area contributed by atoms with E-state index in [-0.39, 0.29) is 3.92 Å². The fraction of sp³-hybridized carbons (Fsp3) is 0.263. The average Bonchev–Trinajstić information content (AvgIpc) is 3.27. The van der Waals surface area contributed by atoms with Crippen molar-refractivity contribution >= 4 is 63.0 Å². The third-order valence-corrected chi connectivity index (χ3v) is 6.19. The van der Waals surface area contributed by atoms with Crippen molar-refractivity contribution in [3.8, 4) is 0 Å². The quantitative estimate of drug-likeness (QED) is 0.303. The number of halogens is 2. The normalized spacial score (nSPS) is 24.3. The maximum absolute atomic E-state index is 10.2. The van der Waals surface area contributed by atoms with Gasteiger partial charge in [-0.1, -0.05) is 41.3 Å². The Morgan fingerprint density at radius 2 is 2.32 bits per heavy atom. The fourth-order valence-electron chi connectivity index (χ4n) is 2.87. The maximum atomic E-state index is 10.2. The Morgan fingerprint density at radius 1 is 1.48 bits per heavy atom. The number of alkyl halides is 1. The van der Waals surface area contributed by atoms with Crippen LogP contribution in [0.25, 0.3) is 12.2 Å². The van der Waals surface area contributed by atoms with Crippen LogP contribution in [0.1, 0.15) is 30.5 Å². The van der Waals surface area contributed by atoms with Crippen molar-refractivity contribution in [1.29, 1.82) is 0 Å². The molecule has 0 saturated carbocycles. The Labute approximate surface area is 174 Å². The topological polar surface area (TPSA) is 61.3 Å². The first-order valence-corrected chi connectivity index (χ1v) is 10.4. The van der Waals surface area contributed by atoms with Crippen LogP contribution in [-0.4, -0.2) is 31.0 Å². The SMILES string of the molecule is C=Cc1[nH]ncc1/C=C/N=C(/C1=CC(I)C(O)C(I)=C1)C1=CCCC1. The number of hydrogen-bond donors (Lipinski definition) is 2. The lowest BCUT2D eigenvalue weighted by molar-refractivity contribution is 0.232. The summed E-state index contributed by atoms with van der Waals surface area (Å²) in [6.45, 7) is 3.77. The summed E-state index contributed by atoms with van der Waals surface area (Å²) in [7, 11) is 0. The van der Waals surface area contributed by atoms with E-state index >= 15 is 0 Å². The number of aromatic amines is 1. The maximum Gasteiger partial charge on any atom is 0.0999 e. The van der Waals surface area contributed by atoms with Gasteiger partial charge in [0.05, 0.1) is 27.6 Å². The number of hydrogen-bond acceptors (Lipinski definition) is 3. The van der Waals surface area contributed by atoms with Gasteiger partial charge in [0.25, 0.3) is 0 Å². The molecule has 2 N–H and O–H groups in total. The van der Waals surface area contributed by atoms with Gasteiger partial charge in [-0.3, -0.25) is 10.1 Å². The van der Waals surface area contributed by atoms with Crippen LogP contribution >= 0.6 is 45.2 Å². The molecule has 6 heteroatoms. The van der Waals surface area contributed by atoms with E-state index in [0.717, 1.165) is 39.0 Å². The van der Waals surface area contributed by atoms with Crippen LogP contribution in [-0.2, 0) is 0 Å². The van der Waals surface area contributed by atoms with E-state index in [2.05, 4.69) is 74.1 Å². The van der Waals surface area contributed by atoms with E-state index in [1.165, 1.54) is 12.0 Å². The van der Waals surface area contributed by atoms with Crippen LogP contribution < -0.4 is 0 Å². The smallest absolute Gasteiger partial charge is 0.0999 e. The van der Waals surface area contributed by atoms with Crippen LogP contribution in [0.4, 0.5) is 0 Å². The molecule has 2 atom stereocenters. The second-order valence-corrected chi connectivity index (χ2v) is 8.58. The summed E-state index contributed by atoms with van der Waals surface area (Å²) >= 11 is 4.49. The third-order valence-electron chi connectivity index (χ3n) is 4.20. The van der Waals surface area contributed by atoms with E-state index in [4.69, 9.17) is 4.99 Å². The number of aliphatic hydroxyl groups is 1. The van der Waals surface area contributed by atoms with Crippen molar-refractivity contribution in [2.75, 3.05) is 0 Å². The minimum absolute atomic E-state index is 0.0573. The predicted molar refractivity (Wildman–Crippen MR) is 121 cm³/mol. The second kappa shape index (κ2) is 8.59. The molecule has 0 radical (unpaired) electrons. The van der Waals surface area contributed by atoms with Crippen molar-refractivity contribution in [3.05, 3.63) is 63.2 Å². The van der Waals surface area contributed by atoms with Crippen LogP contribution in [0, 0.1) is 0 Å². The second-order valence-electron chi connectivity index (χ2n) is 5.90. The number of aliphatic imine (C=N–C) groups is 1. The van der Waals surface area contributed by atoms with Gasteiger partial charge in [0.1, 0.15) is 0 Å². The molecule has 4 nitrogen and oxygen atoms in total. The van der Waals surface area contributed by atoms with E-state index in [1.807, 2.05) is 18.4 Å². The van der Waals surface area contributed by atoms with Crippen LogP contribution in [0.2, 0.25) is 0 Å². The number of aromatic nitrogens is 2. The van der Waals surface area contributed by atoms with Gasteiger partial charge in [0, 0.05) is 15.3 Å². The molecular weight excluding hydrogens is 540 g/mol. The Kier molecular flexibility index (Phi) is 6.45. The van der Waals surface area contributed by atoms with Crippen molar-refractivity contribution < 1.29 is 5.11 Å². The lowest BCUT2D eigenvalue weighted by Gasteiger charge is -2.21. The number of nitrogens with zero attached hydrogens (tertiary/aromatic N) is 2. The number of allylic oxidation sites excluding steroid dienone is 4. The summed E-state index contributed by atoms with van der Waals surface area (Å²) in [4.78, 5) is 4.76. The van der Waals surface area contributed by atoms with Gasteiger partial charge in [0.2, 0.25) is 0 Å². The molecule has 1 aromatic heterocycles. The Balaban J connectivity index is 1.93. The highest BCUT2D eigenvalue weighted by molar-refractivity contribution is 14.1. The van der Waals surface area contributed by atoms with Gasteiger partial charge >= 0.3 is 0 Å². The van der Waals surface area contributed by atoms with Crippen molar-refractivity contribution in [2.45, 2.75) is 29.3 Å². The summed E-state index contributed by atoms with van der Waals surface area (Å²) in [5.74, 6) is 0. The molecule has 1 aromatic rings. The van der Waals surface area contributed by atoms with Gasteiger partial charge in [-0.25, -0.2) is 0 Å². The number of nitrogens with one attached hydrogen (secondary N) is 1. The van der Waals surface area contributed by atoms with Crippen molar-refractivity contribution in [2.24, 2.45) is 4.99 Å². The fourth-order valence-corrected chi connectivity index (χ4v) is 5.05. The molecule has 0 spiro atoms. The lowest BCUT2D eigenvalue weighted by Crippen LogP contribution is -2.23. The molecule has 2 unspecified atom stereocenters. The molecule has 25 heavy (non-hydrogen) atoms. The Morgan fingerprint density at radius 3 is 3.00 bits per heavy atom. The highest BCUT2D eigenvalue weighted by Gasteiger charge is 2.25. The molecule has 0 aliphatic heterocycles. The lowest BCUT2D eigenvalue weighted by atomic mass is 9.96. The average molecular weight is 559 g/mol. The molecule has 2 aliphatic carbocycles. The summed E-state index contributed by atoms with van der Waals surface area (Å²) in [6.07, 6.45) is 16.6. The minimum Gasteiger partial charge on any atom is -0.387 e. The van der Waals surface area contributed by atoms with Gasteiger partial charge in [-0.05, 0) is 71.2 Å². The van der Waals surface area contributed by atoms with E-state index in [0.29, 0.717) is 0 Å². The molecule has 3 rings (SSSR count). The summed E-state index contributed by atoms with van der Waals surface area (Å²) in [5.41, 5.74) is 5.22. The zero-order valence-corrected chi connectivity index (χ0v) is 17.9. The predicted octanol–water partition coefficient (Wildman–Crippen LogP) is 5.00. The molecule has 0 fully saturated rings. The van der Waals surface area contributed by atoms with Gasteiger partial charge in [0.15, 0.2) is 0 Å². The van der Waals surface area contributed by atoms with E-state index in [9.17, 15) is 5.11 Å². The van der Waals surface area contributed by atoms with Crippen LogP contribution in [0.15, 0.2) is 56.9 Å². The minimum atomic E-state index is -0.430. The molecule has 0 aromatic carbocycles. The first-order valence-electron chi connectivity index (χ1n) is 8.11. The Hall–Kier alpha value is -1.000. The molecule has 0 saturated heterocycles. The molecule has 0 amide bonds. The largest absolute Gasteiger partial charge is 0.387 e. The first-order chi connectivity index (χ1) is 12.1. The summed E-state index contributed by atoms with van der Waals surface area (Å²) in [6, 6.07) is 0. The summed E-state index contributed by atoms with van der Waals surface area (Å²) in [5, 5.41) is 17.1. The number of H-pyrrole nitrogens is 1. The highest BCUT2D eigenvalue weighted by Crippen LogP contribution is 2.32. The van der Waals surface area contributed by atoms with E-state index < -0.39 is 6.10 Å². The van der Waals surface area contributed by atoms with E-state index in [1.54, 1.807) is 12.3 Å². The standard InChI is InChI=1S/C19H19I2N3O/c1-2-17-13(11-23-24-17)7-8-22-18(12-5-3-4-6-12)14-9-15(20)19(25)16(21)10-14/h2,5,7-11,15,19,25H,1,3-4,6H2,(H,23,24)/b8-7+,22-18+. The number of rotatable bonds is 5. The third kappa shape index (κ3) is 4.40. The van der Waals surface area contributed by atoms with Gasteiger partial charge in [-0.2, -0.15) is 5.10 Å². The molecular formula is C19H19I2N3O.